The second-order valence-corrected chi connectivity index (χ2v) is 9.79. The molecule has 1 amide bonds. The third kappa shape index (κ3) is 4.00. The van der Waals surface area contributed by atoms with Gasteiger partial charge in [0, 0.05) is 32.1 Å². The highest BCUT2D eigenvalue weighted by atomic mass is 32.1. The Bertz CT molecular complexity index is 1570. The fraction of sp³-hybridized carbons (Fsp3) is 0.375. The van der Waals surface area contributed by atoms with Crippen LogP contribution in [0.15, 0.2) is 40.2 Å². The van der Waals surface area contributed by atoms with Crippen molar-refractivity contribution in [1.29, 1.82) is 0 Å². The van der Waals surface area contributed by atoms with Crippen molar-refractivity contribution in [2.45, 2.75) is 38.8 Å². The predicted molar refractivity (Wildman–Crippen MR) is 133 cm³/mol. The Morgan fingerprint density at radius 3 is 2.64 bits per heavy atom. The molecule has 0 spiro atoms. The van der Waals surface area contributed by atoms with E-state index in [1.54, 1.807) is 35.0 Å². The van der Waals surface area contributed by atoms with Gasteiger partial charge in [-0.05, 0) is 43.5 Å². The van der Waals surface area contributed by atoms with Gasteiger partial charge in [-0.2, -0.15) is 10.2 Å². The molecule has 188 valence electrons. The number of amides is 1. The molecule has 12 heteroatoms. The summed E-state index contributed by atoms with van der Waals surface area (Å²) in [6.45, 7) is 2.28. The summed E-state index contributed by atoms with van der Waals surface area (Å²) in [7, 11) is 3.18. The van der Waals surface area contributed by atoms with Gasteiger partial charge in [0.25, 0.3) is 5.56 Å². The van der Waals surface area contributed by atoms with E-state index < -0.39 is 23.1 Å². The van der Waals surface area contributed by atoms with E-state index in [0.29, 0.717) is 44.9 Å². The Kier molecular flexibility index (Phi) is 6.20. The number of fused-ring (bicyclic) bond motifs is 1. The number of likely N-dealkylation sites (tertiary alicyclic amines) is 1. The maximum absolute atomic E-state index is 14.0. The summed E-state index contributed by atoms with van der Waals surface area (Å²) in [6.07, 6.45) is 4.05. The summed E-state index contributed by atoms with van der Waals surface area (Å²) in [5.41, 5.74) is 0.425. The van der Waals surface area contributed by atoms with Crippen LogP contribution in [-0.4, -0.2) is 55.6 Å². The van der Waals surface area contributed by atoms with E-state index in [1.807, 2.05) is 6.92 Å². The lowest BCUT2D eigenvalue weighted by Gasteiger charge is -2.30. The van der Waals surface area contributed by atoms with Gasteiger partial charge < -0.3 is 9.64 Å². The highest BCUT2D eigenvalue weighted by Gasteiger charge is 2.29. The third-order valence-electron chi connectivity index (χ3n) is 6.63. The first-order chi connectivity index (χ1) is 17.3. The van der Waals surface area contributed by atoms with Crippen molar-refractivity contribution in [1.82, 2.24) is 29.0 Å². The number of nitrogens with zero attached hydrogens (tertiary/aromatic N) is 6. The number of aromatic nitrogens is 5. The van der Waals surface area contributed by atoms with Crippen molar-refractivity contribution in [2.24, 2.45) is 0 Å². The Morgan fingerprint density at radius 2 is 1.94 bits per heavy atom. The van der Waals surface area contributed by atoms with Gasteiger partial charge in [0.05, 0.1) is 30.9 Å². The molecule has 1 aromatic carbocycles. The highest BCUT2D eigenvalue weighted by Crippen LogP contribution is 2.31. The molecule has 1 fully saturated rings. The Morgan fingerprint density at radius 1 is 1.19 bits per heavy atom. The molecule has 1 atom stereocenters. The van der Waals surface area contributed by atoms with Gasteiger partial charge in [-0.15, -0.1) is 4.80 Å². The lowest BCUT2D eigenvalue weighted by Crippen LogP contribution is -2.48. The Balaban J connectivity index is 1.69. The standard InChI is InChI=1S/C24H25FN6O4S/c1-14-20-21(33)30(17-5-7-19(32)28(2)13-17)24(34)29(23(20)36-22(14)31-26-9-10-27-31)11-8-15-12-16(25)4-6-18(15)35-3/h4,6,9-10,12,17H,5,7-8,11,13H2,1-3H3. The van der Waals surface area contributed by atoms with Crippen LogP contribution in [0.25, 0.3) is 15.2 Å². The zero-order valence-corrected chi connectivity index (χ0v) is 20.9. The van der Waals surface area contributed by atoms with Crippen molar-refractivity contribution < 1.29 is 13.9 Å². The number of benzene rings is 1. The van der Waals surface area contributed by atoms with Gasteiger partial charge in [0.15, 0.2) is 0 Å². The summed E-state index contributed by atoms with van der Waals surface area (Å²) in [5, 5.41) is 9.45. The van der Waals surface area contributed by atoms with Crippen LogP contribution in [0.4, 0.5) is 4.39 Å². The average Bonchev–Trinajstić information content (AvgIpc) is 3.49. The smallest absolute Gasteiger partial charge is 0.332 e. The lowest BCUT2D eigenvalue weighted by molar-refractivity contribution is -0.133. The molecule has 1 aliphatic rings. The number of rotatable bonds is 6. The van der Waals surface area contributed by atoms with E-state index in [0.717, 1.165) is 0 Å². The number of hydrogen-bond donors (Lipinski definition) is 0. The van der Waals surface area contributed by atoms with Crippen LogP contribution in [-0.2, 0) is 17.8 Å². The molecular formula is C24H25FN6O4S. The number of piperidine rings is 1. The maximum Gasteiger partial charge on any atom is 0.332 e. The minimum Gasteiger partial charge on any atom is -0.496 e. The van der Waals surface area contributed by atoms with Crippen LogP contribution in [0.3, 0.4) is 0 Å². The number of carbonyl (C=O) groups excluding carboxylic acids is 1. The first-order valence-corrected chi connectivity index (χ1v) is 12.3. The first-order valence-electron chi connectivity index (χ1n) is 11.5. The van der Waals surface area contributed by atoms with Gasteiger partial charge in [-0.3, -0.25) is 18.7 Å². The number of likely N-dealkylation sites (N-methyl/N-ethyl adjacent to an activating group) is 1. The summed E-state index contributed by atoms with van der Waals surface area (Å²) in [4.78, 5) is 43.1. The number of thiophene rings is 1. The number of ether oxygens (including phenoxy) is 1. The molecule has 4 aromatic rings. The molecule has 1 aliphatic heterocycles. The van der Waals surface area contributed by atoms with Crippen LogP contribution in [0.1, 0.15) is 30.0 Å². The molecule has 0 saturated carbocycles. The van der Waals surface area contributed by atoms with Crippen molar-refractivity contribution in [3.8, 4) is 10.8 Å². The van der Waals surface area contributed by atoms with Gasteiger partial charge in [-0.1, -0.05) is 11.3 Å². The fourth-order valence-electron chi connectivity index (χ4n) is 4.76. The van der Waals surface area contributed by atoms with Crippen molar-refractivity contribution in [3.05, 3.63) is 68.4 Å². The molecule has 0 N–H and O–H groups in total. The molecule has 1 unspecified atom stereocenters. The van der Waals surface area contributed by atoms with Crippen LogP contribution in [0.5, 0.6) is 5.75 Å². The van der Waals surface area contributed by atoms with E-state index in [2.05, 4.69) is 10.2 Å². The van der Waals surface area contributed by atoms with Crippen molar-refractivity contribution >= 4 is 27.5 Å². The Hall–Kier alpha value is -3.80. The number of halogens is 1. The van der Waals surface area contributed by atoms with Gasteiger partial charge in [0.2, 0.25) is 5.91 Å². The normalized spacial score (nSPS) is 16.2. The van der Waals surface area contributed by atoms with E-state index >= 15 is 0 Å². The van der Waals surface area contributed by atoms with E-state index in [4.69, 9.17) is 4.74 Å². The summed E-state index contributed by atoms with van der Waals surface area (Å²) >= 11 is 1.26. The summed E-state index contributed by atoms with van der Waals surface area (Å²) in [6, 6.07) is 3.81. The van der Waals surface area contributed by atoms with Gasteiger partial charge in [0.1, 0.15) is 21.4 Å². The minimum absolute atomic E-state index is 0.0161. The molecule has 4 heterocycles. The lowest BCUT2D eigenvalue weighted by atomic mass is 10.1. The zero-order chi connectivity index (χ0) is 25.6. The maximum atomic E-state index is 14.0. The molecular weight excluding hydrogens is 487 g/mol. The zero-order valence-electron chi connectivity index (χ0n) is 20.1. The topological polar surface area (TPSA) is 104 Å². The molecule has 5 rings (SSSR count). The second-order valence-electron chi connectivity index (χ2n) is 8.81. The molecule has 0 radical (unpaired) electrons. The van der Waals surface area contributed by atoms with Crippen LogP contribution >= 0.6 is 11.3 Å². The molecule has 1 saturated heterocycles. The minimum atomic E-state index is -0.461. The fourth-order valence-corrected chi connectivity index (χ4v) is 6.00. The molecule has 3 aromatic heterocycles. The van der Waals surface area contributed by atoms with Crippen LogP contribution < -0.4 is 16.0 Å². The van der Waals surface area contributed by atoms with Crippen molar-refractivity contribution in [2.75, 3.05) is 20.7 Å². The summed E-state index contributed by atoms with van der Waals surface area (Å²) in [5.74, 6) is 0.102. The summed E-state index contributed by atoms with van der Waals surface area (Å²) < 4.78 is 22.2. The largest absolute Gasteiger partial charge is 0.496 e. The van der Waals surface area contributed by atoms with E-state index in [1.165, 1.54) is 39.9 Å². The second kappa shape index (κ2) is 9.34. The van der Waals surface area contributed by atoms with Gasteiger partial charge in [-0.25, -0.2) is 9.18 Å². The Labute approximate surface area is 209 Å². The first kappa shape index (κ1) is 23.9. The number of aryl methyl sites for hydroxylation is 3. The van der Waals surface area contributed by atoms with Gasteiger partial charge >= 0.3 is 5.69 Å². The van der Waals surface area contributed by atoms with E-state index in [9.17, 15) is 18.8 Å². The number of carbonyl (C=O) groups is 1. The number of methoxy groups -OCH3 is 1. The monoisotopic (exact) mass is 512 g/mol. The molecule has 0 bridgehead atoms. The predicted octanol–water partition coefficient (Wildman–Crippen LogP) is 2.30. The quantitative estimate of drug-likeness (QED) is 0.393. The third-order valence-corrected chi connectivity index (χ3v) is 7.91. The van der Waals surface area contributed by atoms with Crippen LogP contribution in [0, 0.1) is 12.7 Å². The van der Waals surface area contributed by atoms with Crippen molar-refractivity contribution in [3.63, 3.8) is 0 Å². The number of hydrogen-bond acceptors (Lipinski definition) is 7. The average molecular weight is 513 g/mol. The van der Waals surface area contributed by atoms with E-state index in [-0.39, 0.29) is 25.4 Å². The SMILES string of the molecule is COc1ccc(F)cc1CCn1c(=O)n(C2CCC(=O)N(C)C2)c(=O)c2c(C)c(-n3nccn3)sc21. The molecule has 36 heavy (non-hydrogen) atoms. The van der Waals surface area contributed by atoms with Crippen LogP contribution in [0.2, 0.25) is 0 Å². The molecule has 10 nitrogen and oxygen atoms in total. The highest BCUT2D eigenvalue weighted by molar-refractivity contribution is 7.21. The molecule has 0 aliphatic carbocycles.